The summed E-state index contributed by atoms with van der Waals surface area (Å²) in [5.41, 5.74) is 3.39. The van der Waals surface area contributed by atoms with Gasteiger partial charge >= 0.3 is 0 Å². The minimum atomic E-state index is 0.611. The number of fused-ring (bicyclic) bond motifs is 1. The number of aromatic nitrogens is 4. The number of aryl methyl sites for hydroxylation is 2. The molecule has 0 spiro atoms. The number of rotatable bonds is 6. The van der Waals surface area contributed by atoms with Crippen LogP contribution >= 0.6 is 12.2 Å². The molecule has 0 fully saturated rings. The van der Waals surface area contributed by atoms with E-state index in [1.54, 1.807) is 0 Å². The van der Waals surface area contributed by atoms with Gasteiger partial charge in [-0.15, -0.1) is 0 Å². The van der Waals surface area contributed by atoms with Gasteiger partial charge in [-0.3, -0.25) is 4.68 Å². The molecule has 0 atom stereocenters. The van der Waals surface area contributed by atoms with E-state index < -0.39 is 0 Å². The van der Waals surface area contributed by atoms with Gasteiger partial charge in [-0.2, -0.15) is 5.10 Å². The molecule has 0 aliphatic carbocycles. The van der Waals surface area contributed by atoms with Crippen molar-refractivity contribution in [3.63, 3.8) is 0 Å². The Morgan fingerprint density at radius 2 is 1.81 bits per heavy atom. The molecule has 0 saturated heterocycles. The fraction of sp³-hybridized carbons (Fsp3) is 0.750. The molecule has 0 aliphatic heterocycles. The van der Waals surface area contributed by atoms with Crippen LogP contribution in [0.5, 0.6) is 0 Å². The molecular weight excluding hydrogens is 280 g/mol. The minimum absolute atomic E-state index is 0.611. The topological polar surface area (TPSA) is 38.5 Å². The van der Waals surface area contributed by atoms with E-state index in [4.69, 9.17) is 12.2 Å². The first-order valence-corrected chi connectivity index (χ1v) is 8.42. The second-order valence-corrected chi connectivity index (χ2v) is 7.10. The highest BCUT2D eigenvalue weighted by Crippen LogP contribution is 2.26. The third kappa shape index (κ3) is 3.07. The van der Waals surface area contributed by atoms with E-state index in [1.165, 1.54) is 0 Å². The molecule has 4 nitrogen and oxygen atoms in total. The molecule has 0 saturated carbocycles. The fourth-order valence-electron chi connectivity index (χ4n) is 3.26. The van der Waals surface area contributed by atoms with E-state index in [0.717, 1.165) is 41.0 Å². The number of nitrogens with zero attached hydrogens (tertiary/aromatic N) is 3. The van der Waals surface area contributed by atoms with Crippen LogP contribution < -0.4 is 0 Å². The maximum Gasteiger partial charge on any atom is 0.179 e. The first-order chi connectivity index (χ1) is 9.86. The van der Waals surface area contributed by atoms with Crippen LogP contribution in [0.3, 0.4) is 0 Å². The zero-order valence-electron chi connectivity index (χ0n) is 14.1. The van der Waals surface area contributed by atoms with Crippen molar-refractivity contribution in [1.82, 2.24) is 19.3 Å². The van der Waals surface area contributed by atoms with Crippen LogP contribution in [0.15, 0.2) is 0 Å². The predicted octanol–water partition coefficient (Wildman–Crippen LogP) is 4.31. The molecule has 1 N–H and O–H groups in total. The molecule has 2 aromatic heterocycles. The standard InChI is InChI=1S/C16H28N4S/c1-7-8-13-14-15(19(6)18-13)20(16(21)17-14)9-12(10(2)3)11(4)5/h10-12H,7-9H2,1-6H3,(H,17,21). The summed E-state index contributed by atoms with van der Waals surface area (Å²) in [5, 5.41) is 4.66. The van der Waals surface area contributed by atoms with E-state index >= 15 is 0 Å². The molecule has 0 radical (unpaired) electrons. The van der Waals surface area contributed by atoms with Gasteiger partial charge in [0.1, 0.15) is 5.52 Å². The molecule has 0 unspecified atom stereocenters. The minimum Gasteiger partial charge on any atom is -0.328 e. The SMILES string of the molecule is CCCc1nn(C)c2c1[nH]c(=S)n2CC(C(C)C)C(C)C. The summed E-state index contributed by atoms with van der Waals surface area (Å²) in [5.74, 6) is 1.89. The summed E-state index contributed by atoms with van der Waals surface area (Å²) in [6, 6.07) is 0. The second-order valence-electron chi connectivity index (χ2n) is 6.71. The molecule has 2 heterocycles. The van der Waals surface area contributed by atoms with Crippen LogP contribution in [0.25, 0.3) is 11.2 Å². The van der Waals surface area contributed by atoms with E-state index in [1.807, 2.05) is 11.7 Å². The van der Waals surface area contributed by atoms with Crippen molar-refractivity contribution in [3.05, 3.63) is 10.5 Å². The van der Waals surface area contributed by atoms with E-state index in [0.29, 0.717) is 17.8 Å². The summed E-state index contributed by atoms with van der Waals surface area (Å²) < 4.78 is 5.04. The third-order valence-corrected chi connectivity index (χ3v) is 4.74. The highest BCUT2D eigenvalue weighted by Gasteiger charge is 2.22. The van der Waals surface area contributed by atoms with Crippen LogP contribution in [-0.2, 0) is 20.0 Å². The number of hydrogen-bond donors (Lipinski definition) is 1. The second kappa shape index (κ2) is 6.34. The molecule has 2 aromatic rings. The Hall–Kier alpha value is -1.10. The van der Waals surface area contributed by atoms with Crippen LogP contribution in [0, 0.1) is 22.5 Å². The highest BCUT2D eigenvalue weighted by atomic mass is 32.1. The Morgan fingerprint density at radius 1 is 1.19 bits per heavy atom. The lowest BCUT2D eigenvalue weighted by Gasteiger charge is -2.25. The van der Waals surface area contributed by atoms with Crippen LogP contribution in [0.4, 0.5) is 0 Å². The average molecular weight is 308 g/mol. The van der Waals surface area contributed by atoms with E-state index in [-0.39, 0.29) is 0 Å². The Kier molecular flexibility index (Phi) is 4.91. The number of H-pyrrole nitrogens is 1. The quantitative estimate of drug-likeness (QED) is 0.807. The molecule has 2 rings (SSSR count). The third-order valence-electron chi connectivity index (χ3n) is 4.41. The molecule has 21 heavy (non-hydrogen) atoms. The van der Waals surface area contributed by atoms with Gasteiger partial charge in [0.05, 0.1) is 5.69 Å². The first-order valence-electron chi connectivity index (χ1n) is 8.01. The summed E-state index contributed by atoms with van der Waals surface area (Å²) in [6.07, 6.45) is 2.09. The summed E-state index contributed by atoms with van der Waals surface area (Å²) in [7, 11) is 2.01. The lowest BCUT2D eigenvalue weighted by molar-refractivity contribution is 0.252. The zero-order valence-corrected chi connectivity index (χ0v) is 14.9. The van der Waals surface area contributed by atoms with Gasteiger partial charge in [-0.25, -0.2) is 0 Å². The van der Waals surface area contributed by atoms with Gasteiger partial charge in [0.2, 0.25) is 0 Å². The smallest absolute Gasteiger partial charge is 0.179 e. The van der Waals surface area contributed by atoms with Gasteiger partial charge in [0.25, 0.3) is 0 Å². The van der Waals surface area contributed by atoms with Crippen molar-refractivity contribution in [2.75, 3.05) is 0 Å². The molecule has 118 valence electrons. The van der Waals surface area contributed by atoms with E-state index in [2.05, 4.69) is 49.3 Å². The van der Waals surface area contributed by atoms with Gasteiger partial charge in [-0.1, -0.05) is 41.0 Å². The lowest BCUT2D eigenvalue weighted by Crippen LogP contribution is -2.22. The highest BCUT2D eigenvalue weighted by molar-refractivity contribution is 7.71. The maximum absolute atomic E-state index is 5.57. The van der Waals surface area contributed by atoms with Crippen LogP contribution in [0.1, 0.15) is 46.7 Å². The molecule has 0 bridgehead atoms. The van der Waals surface area contributed by atoms with Gasteiger partial charge in [0.15, 0.2) is 10.4 Å². The Morgan fingerprint density at radius 3 is 2.33 bits per heavy atom. The van der Waals surface area contributed by atoms with Gasteiger partial charge in [0, 0.05) is 13.6 Å². The van der Waals surface area contributed by atoms with Gasteiger partial charge in [-0.05, 0) is 36.4 Å². The van der Waals surface area contributed by atoms with Crippen molar-refractivity contribution in [2.45, 2.75) is 54.0 Å². The van der Waals surface area contributed by atoms with E-state index in [9.17, 15) is 0 Å². The Bertz CT molecular complexity index is 652. The largest absolute Gasteiger partial charge is 0.328 e. The normalized spacial score (nSPS) is 12.4. The molecule has 0 aromatic carbocycles. The van der Waals surface area contributed by atoms with Crippen molar-refractivity contribution in [3.8, 4) is 0 Å². The molecule has 0 aliphatic rings. The summed E-state index contributed by atoms with van der Waals surface area (Å²) >= 11 is 5.57. The number of aromatic amines is 1. The fourth-order valence-corrected chi connectivity index (χ4v) is 3.52. The Balaban J connectivity index is 2.49. The maximum atomic E-state index is 5.57. The lowest BCUT2D eigenvalue weighted by atomic mass is 9.85. The summed E-state index contributed by atoms with van der Waals surface area (Å²) in [6.45, 7) is 12.3. The summed E-state index contributed by atoms with van der Waals surface area (Å²) in [4.78, 5) is 3.38. The molecule has 5 heteroatoms. The van der Waals surface area contributed by atoms with Crippen LogP contribution in [-0.4, -0.2) is 19.3 Å². The number of imidazole rings is 1. The first kappa shape index (κ1) is 16.3. The van der Waals surface area contributed by atoms with Crippen molar-refractivity contribution >= 4 is 23.4 Å². The van der Waals surface area contributed by atoms with Crippen molar-refractivity contribution in [1.29, 1.82) is 0 Å². The number of nitrogens with one attached hydrogen (secondary N) is 1. The monoisotopic (exact) mass is 308 g/mol. The average Bonchev–Trinajstić information content (AvgIpc) is 2.85. The molecular formula is C16H28N4S. The molecule has 0 amide bonds. The van der Waals surface area contributed by atoms with Crippen molar-refractivity contribution < 1.29 is 0 Å². The predicted molar refractivity (Wildman–Crippen MR) is 91.0 cm³/mol. The van der Waals surface area contributed by atoms with Gasteiger partial charge < -0.3 is 9.55 Å². The zero-order chi connectivity index (χ0) is 15.7. The number of hydrogen-bond acceptors (Lipinski definition) is 2. The van der Waals surface area contributed by atoms with Crippen LogP contribution in [0.2, 0.25) is 0 Å². The van der Waals surface area contributed by atoms with Crippen molar-refractivity contribution in [2.24, 2.45) is 24.8 Å². The Labute approximate surface area is 132 Å².